The molecule has 0 radical (unpaired) electrons. The Balaban J connectivity index is 1.39. The van der Waals surface area contributed by atoms with Crippen molar-refractivity contribution in [1.29, 1.82) is 0 Å². The summed E-state index contributed by atoms with van der Waals surface area (Å²) in [6, 6.07) is 8.34. The first-order chi connectivity index (χ1) is 17.1. The standard InChI is InChI=1S/C27H29N7OS/c1-16-9-17(7-8-18(16)11-28-25(35)22-13-29-26(36-22)27(2,3)4)23-20-10-21(19-12-32-33(5)14-19)34(6)24(20)31-15-30-23/h7-10,12-15H,11H2,1-6H3,(H,28,35). The Morgan fingerprint density at radius 3 is 2.53 bits per heavy atom. The second-order valence-electron chi connectivity index (χ2n) is 10.1. The molecule has 4 aromatic heterocycles. The van der Waals surface area contributed by atoms with E-state index in [1.807, 2.05) is 26.5 Å². The minimum absolute atomic E-state index is 0.0699. The van der Waals surface area contributed by atoms with Crippen molar-refractivity contribution in [1.82, 2.24) is 34.6 Å². The number of aryl methyl sites for hydroxylation is 3. The molecular weight excluding hydrogens is 470 g/mol. The molecule has 5 rings (SSSR count). The highest BCUT2D eigenvalue weighted by atomic mass is 32.1. The molecule has 184 valence electrons. The number of rotatable bonds is 5. The first kappa shape index (κ1) is 23.9. The van der Waals surface area contributed by atoms with Crippen molar-refractivity contribution in [3.63, 3.8) is 0 Å². The van der Waals surface area contributed by atoms with Gasteiger partial charge in [-0.25, -0.2) is 15.0 Å². The molecule has 1 aromatic carbocycles. The topological polar surface area (TPSA) is 90.5 Å². The lowest BCUT2D eigenvalue weighted by Crippen LogP contribution is -2.22. The summed E-state index contributed by atoms with van der Waals surface area (Å²) in [5.74, 6) is -0.101. The Hall–Kier alpha value is -3.85. The highest BCUT2D eigenvalue weighted by Gasteiger charge is 2.20. The summed E-state index contributed by atoms with van der Waals surface area (Å²) < 4.78 is 3.86. The van der Waals surface area contributed by atoms with E-state index < -0.39 is 0 Å². The van der Waals surface area contributed by atoms with E-state index in [9.17, 15) is 4.79 Å². The van der Waals surface area contributed by atoms with Crippen molar-refractivity contribution < 1.29 is 4.79 Å². The molecule has 0 aliphatic carbocycles. The maximum atomic E-state index is 12.7. The van der Waals surface area contributed by atoms with Crippen LogP contribution in [0.3, 0.4) is 0 Å². The van der Waals surface area contributed by atoms with Crippen LogP contribution < -0.4 is 5.32 Å². The molecule has 9 heteroatoms. The van der Waals surface area contributed by atoms with Crippen LogP contribution in [-0.2, 0) is 26.1 Å². The van der Waals surface area contributed by atoms with Gasteiger partial charge >= 0.3 is 0 Å². The van der Waals surface area contributed by atoms with Crippen LogP contribution in [0.4, 0.5) is 0 Å². The van der Waals surface area contributed by atoms with Gasteiger partial charge in [-0.3, -0.25) is 9.48 Å². The fourth-order valence-corrected chi connectivity index (χ4v) is 5.11. The maximum absolute atomic E-state index is 12.7. The number of hydrogen-bond donors (Lipinski definition) is 1. The summed E-state index contributed by atoms with van der Waals surface area (Å²) in [4.78, 5) is 26.9. The monoisotopic (exact) mass is 499 g/mol. The van der Waals surface area contributed by atoms with E-state index in [2.05, 4.69) is 81.9 Å². The molecule has 4 heterocycles. The molecule has 0 saturated heterocycles. The predicted molar refractivity (Wildman–Crippen MR) is 143 cm³/mol. The molecule has 1 amide bonds. The van der Waals surface area contributed by atoms with E-state index in [1.165, 1.54) is 11.3 Å². The molecule has 0 atom stereocenters. The lowest BCUT2D eigenvalue weighted by Gasteiger charge is -2.13. The van der Waals surface area contributed by atoms with Gasteiger partial charge in [-0.15, -0.1) is 11.3 Å². The van der Waals surface area contributed by atoms with E-state index in [1.54, 1.807) is 17.2 Å². The van der Waals surface area contributed by atoms with Crippen molar-refractivity contribution in [3.8, 4) is 22.5 Å². The quantitative estimate of drug-likeness (QED) is 0.366. The Kier molecular flexibility index (Phi) is 5.96. The SMILES string of the molecule is Cc1cc(-c2ncnc3c2cc(-c2cnn(C)c2)n3C)ccc1CNC(=O)c1cnc(C(C)(C)C)s1. The van der Waals surface area contributed by atoms with Crippen LogP contribution in [0.25, 0.3) is 33.5 Å². The third-order valence-electron chi connectivity index (χ3n) is 6.25. The van der Waals surface area contributed by atoms with Gasteiger partial charge in [0, 0.05) is 48.8 Å². The molecule has 0 aliphatic rings. The first-order valence-electron chi connectivity index (χ1n) is 11.8. The number of nitrogens with one attached hydrogen (secondary N) is 1. The van der Waals surface area contributed by atoms with Crippen LogP contribution in [0.5, 0.6) is 0 Å². The van der Waals surface area contributed by atoms with E-state index in [0.29, 0.717) is 11.4 Å². The second kappa shape index (κ2) is 8.98. The molecule has 5 aromatic rings. The molecule has 0 aliphatic heterocycles. The summed E-state index contributed by atoms with van der Waals surface area (Å²) in [6.07, 6.45) is 7.11. The Morgan fingerprint density at radius 1 is 1.06 bits per heavy atom. The van der Waals surface area contributed by atoms with Crippen molar-refractivity contribution in [3.05, 3.63) is 70.2 Å². The number of carbonyl (C=O) groups is 1. The number of amides is 1. The van der Waals surface area contributed by atoms with Gasteiger partial charge in [-0.05, 0) is 30.2 Å². The fourth-order valence-electron chi connectivity index (χ4n) is 4.22. The zero-order chi connectivity index (χ0) is 25.6. The van der Waals surface area contributed by atoms with Gasteiger partial charge in [0.1, 0.15) is 16.9 Å². The van der Waals surface area contributed by atoms with Gasteiger partial charge in [0.05, 0.1) is 28.8 Å². The van der Waals surface area contributed by atoms with E-state index in [4.69, 9.17) is 0 Å². The van der Waals surface area contributed by atoms with E-state index in [0.717, 1.165) is 49.7 Å². The van der Waals surface area contributed by atoms with Crippen LogP contribution in [0.2, 0.25) is 0 Å². The summed E-state index contributed by atoms with van der Waals surface area (Å²) in [7, 11) is 3.91. The molecule has 36 heavy (non-hydrogen) atoms. The molecule has 0 fully saturated rings. The molecule has 1 N–H and O–H groups in total. The molecule has 8 nitrogen and oxygen atoms in total. The largest absolute Gasteiger partial charge is 0.347 e. The van der Waals surface area contributed by atoms with Crippen LogP contribution in [0.15, 0.2) is 49.2 Å². The number of nitrogens with zero attached hydrogens (tertiary/aromatic N) is 6. The second-order valence-corrected chi connectivity index (χ2v) is 11.1. The molecule has 0 bridgehead atoms. The first-order valence-corrected chi connectivity index (χ1v) is 12.6. The summed E-state index contributed by atoms with van der Waals surface area (Å²) in [6.45, 7) is 8.79. The number of thiazole rings is 1. The average molecular weight is 500 g/mol. The molecule has 0 unspecified atom stereocenters. The summed E-state index contributed by atoms with van der Waals surface area (Å²) in [5.41, 5.74) is 6.89. The number of benzene rings is 1. The van der Waals surface area contributed by atoms with Crippen LogP contribution in [0, 0.1) is 6.92 Å². The lowest BCUT2D eigenvalue weighted by molar-refractivity contribution is 0.0954. The van der Waals surface area contributed by atoms with Gasteiger partial charge in [0.15, 0.2) is 0 Å². The maximum Gasteiger partial charge on any atom is 0.263 e. The van der Waals surface area contributed by atoms with Crippen molar-refractivity contribution in [2.75, 3.05) is 0 Å². The fraction of sp³-hybridized carbons (Fsp3) is 0.296. The smallest absolute Gasteiger partial charge is 0.263 e. The highest BCUT2D eigenvalue weighted by Crippen LogP contribution is 2.32. The van der Waals surface area contributed by atoms with Gasteiger partial charge in [0.25, 0.3) is 5.91 Å². The summed E-state index contributed by atoms with van der Waals surface area (Å²) >= 11 is 1.45. The highest BCUT2D eigenvalue weighted by molar-refractivity contribution is 7.13. The lowest BCUT2D eigenvalue weighted by atomic mass is 9.98. The molecule has 0 spiro atoms. The summed E-state index contributed by atoms with van der Waals surface area (Å²) in [5, 5.41) is 9.28. The Bertz CT molecular complexity index is 1590. The Labute approximate surface area is 214 Å². The number of carbonyl (C=O) groups excluding carboxylic acids is 1. The number of aromatic nitrogens is 6. The number of fused-ring (bicyclic) bond motifs is 1. The van der Waals surface area contributed by atoms with Gasteiger partial charge in [-0.2, -0.15) is 5.10 Å². The van der Waals surface area contributed by atoms with Crippen LogP contribution >= 0.6 is 11.3 Å². The minimum Gasteiger partial charge on any atom is -0.347 e. The van der Waals surface area contributed by atoms with Crippen molar-refractivity contribution in [2.45, 2.75) is 39.7 Å². The molecule has 0 saturated carbocycles. The minimum atomic E-state index is -0.101. The predicted octanol–water partition coefficient (Wildman–Crippen LogP) is 5.03. The third-order valence-corrected chi connectivity index (χ3v) is 7.67. The van der Waals surface area contributed by atoms with Crippen LogP contribution in [0.1, 0.15) is 46.6 Å². The number of hydrogen-bond acceptors (Lipinski definition) is 6. The zero-order valence-electron chi connectivity index (χ0n) is 21.3. The van der Waals surface area contributed by atoms with E-state index in [-0.39, 0.29) is 11.3 Å². The Morgan fingerprint density at radius 2 is 1.86 bits per heavy atom. The zero-order valence-corrected chi connectivity index (χ0v) is 22.1. The molecular formula is C27H29N7OS. The van der Waals surface area contributed by atoms with Gasteiger partial charge < -0.3 is 9.88 Å². The van der Waals surface area contributed by atoms with Gasteiger partial charge in [0.2, 0.25) is 0 Å². The van der Waals surface area contributed by atoms with E-state index >= 15 is 0 Å². The third kappa shape index (κ3) is 4.42. The average Bonchev–Trinajstić information content (AvgIpc) is 3.57. The normalized spacial score (nSPS) is 11.8. The van der Waals surface area contributed by atoms with Crippen molar-refractivity contribution >= 4 is 28.3 Å². The van der Waals surface area contributed by atoms with Gasteiger partial charge in [-0.1, -0.05) is 32.9 Å². The van der Waals surface area contributed by atoms with Crippen LogP contribution in [-0.4, -0.2) is 35.2 Å². The van der Waals surface area contributed by atoms with Crippen molar-refractivity contribution in [2.24, 2.45) is 14.1 Å².